The van der Waals surface area contributed by atoms with E-state index in [4.69, 9.17) is 0 Å². The van der Waals surface area contributed by atoms with E-state index < -0.39 is 0 Å². The highest BCUT2D eigenvalue weighted by molar-refractivity contribution is 5.92. The van der Waals surface area contributed by atoms with Crippen LogP contribution in [0, 0.1) is 5.82 Å². The summed E-state index contributed by atoms with van der Waals surface area (Å²) in [7, 11) is 0. The molecule has 0 aromatic heterocycles. The number of carbonyl (C=O) groups excluding carboxylic acids is 2. The summed E-state index contributed by atoms with van der Waals surface area (Å²) in [5, 5.41) is 2.70. The van der Waals surface area contributed by atoms with Crippen molar-refractivity contribution in [3.63, 3.8) is 0 Å². The maximum Gasteiger partial charge on any atom is 0.246 e. The standard InChI is InChI=1S/C21H22FN3O2/c1-16(26)23-18-9-6-17(7-10-18)8-11-21(27)25-14-12-24(13-15-25)20-5-3-2-4-19(20)22/h2-11H,12-15H2,1H3,(H,23,26)/b11-8+. The van der Waals surface area contributed by atoms with Gasteiger partial charge in [-0.3, -0.25) is 9.59 Å². The molecular weight excluding hydrogens is 345 g/mol. The molecule has 140 valence electrons. The van der Waals surface area contributed by atoms with Gasteiger partial charge in [-0.05, 0) is 35.9 Å². The van der Waals surface area contributed by atoms with Crippen LogP contribution < -0.4 is 10.2 Å². The quantitative estimate of drug-likeness (QED) is 0.845. The van der Waals surface area contributed by atoms with Crippen molar-refractivity contribution in [1.82, 2.24) is 4.90 Å². The summed E-state index contributed by atoms with van der Waals surface area (Å²) in [6.45, 7) is 3.77. The Morgan fingerprint density at radius 3 is 2.30 bits per heavy atom. The molecule has 0 aliphatic carbocycles. The number of anilines is 2. The van der Waals surface area contributed by atoms with Crippen molar-refractivity contribution in [2.24, 2.45) is 0 Å². The van der Waals surface area contributed by atoms with Gasteiger partial charge in [0.15, 0.2) is 0 Å². The molecule has 0 saturated carbocycles. The molecule has 2 aromatic rings. The van der Waals surface area contributed by atoms with Crippen LogP contribution in [0.1, 0.15) is 12.5 Å². The number of hydrogen-bond donors (Lipinski definition) is 1. The molecule has 0 unspecified atom stereocenters. The number of para-hydroxylation sites is 1. The van der Waals surface area contributed by atoms with Gasteiger partial charge in [-0.2, -0.15) is 0 Å². The smallest absolute Gasteiger partial charge is 0.246 e. The molecule has 1 fully saturated rings. The van der Waals surface area contributed by atoms with Crippen LogP contribution in [0.5, 0.6) is 0 Å². The Hall–Kier alpha value is -3.15. The molecule has 1 aliphatic heterocycles. The van der Waals surface area contributed by atoms with Crippen LogP contribution in [0.3, 0.4) is 0 Å². The lowest BCUT2D eigenvalue weighted by Crippen LogP contribution is -2.48. The molecule has 1 N–H and O–H groups in total. The Labute approximate surface area is 158 Å². The van der Waals surface area contributed by atoms with E-state index in [1.807, 2.05) is 23.1 Å². The lowest BCUT2D eigenvalue weighted by molar-refractivity contribution is -0.126. The maximum absolute atomic E-state index is 13.9. The zero-order chi connectivity index (χ0) is 19.2. The first-order valence-corrected chi connectivity index (χ1v) is 8.87. The van der Waals surface area contributed by atoms with Gasteiger partial charge < -0.3 is 15.1 Å². The van der Waals surface area contributed by atoms with Gasteiger partial charge >= 0.3 is 0 Å². The molecule has 1 saturated heterocycles. The molecule has 2 aromatic carbocycles. The van der Waals surface area contributed by atoms with Crippen LogP contribution in [-0.4, -0.2) is 42.9 Å². The Morgan fingerprint density at radius 1 is 1.00 bits per heavy atom. The number of piperazine rings is 1. The highest BCUT2D eigenvalue weighted by Crippen LogP contribution is 2.20. The number of amides is 2. The second-order valence-corrected chi connectivity index (χ2v) is 6.40. The van der Waals surface area contributed by atoms with Crippen LogP contribution in [0.2, 0.25) is 0 Å². The van der Waals surface area contributed by atoms with Crippen LogP contribution >= 0.6 is 0 Å². The summed E-state index contributed by atoms with van der Waals surface area (Å²) in [5.41, 5.74) is 2.18. The van der Waals surface area contributed by atoms with Gasteiger partial charge in [0.05, 0.1) is 5.69 Å². The molecular formula is C21H22FN3O2. The zero-order valence-corrected chi connectivity index (χ0v) is 15.2. The van der Waals surface area contributed by atoms with E-state index >= 15 is 0 Å². The Bertz CT molecular complexity index is 841. The fourth-order valence-electron chi connectivity index (χ4n) is 3.03. The minimum Gasteiger partial charge on any atom is -0.366 e. The summed E-state index contributed by atoms with van der Waals surface area (Å²) in [4.78, 5) is 27.1. The second-order valence-electron chi connectivity index (χ2n) is 6.40. The SMILES string of the molecule is CC(=O)Nc1ccc(/C=C/C(=O)N2CCN(c3ccccc3F)CC2)cc1. The maximum atomic E-state index is 13.9. The molecule has 0 atom stereocenters. The summed E-state index contributed by atoms with van der Waals surface area (Å²) in [6.07, 6.45) is 3.30. The summed E-state index contributed by atoms with van der Waals surface area (Å²) in [5.74, 6) is -0.419. The fourth-order valence-corrected chi connectivity index (χ4v) is 3.03. The molecule has 1 aliphatic rings. The average Bonchev–Trinajstić information content (AvgIpc) is 2.67. The van der Waals surface area contributed by atoms with Gasteiger partial charge in [-0.25, -0.2) is 4.39 Å². The van der Waals surface area contributed by atoms with Crippen molar-refractivity contribution in [2.75, 3.05) is 36.4 Å². The highest BCUT2D eigenvalue weighted by atomic mass is 19.1. The first-order chi connectivity index (χ1) is 13.0. The van der Waals surface area contributed by atoms with Crippen molar-refractivity contribution in [3.05, 3.63) is 66.0 Å². The summed E-state index contributed by atoms with van der Waals surface area (Å²) in [6, 6.07) is 14.0. The molecule has 0 spiro atoms. The van der Waals surface area contributed by atoms with Crippen molar-refractivity contribution in [1.29, 1.82) is 0 Å². The largest absolute Gasteiger partial charge is 0.366 e. The third-order valence-electron chi connectivity index (χ3n) is 4.43. The third kappa shape index (κ3) is 4.94. The minimum atomic E-state index is -0.236. The Kier molecular flexibility index (Phi) is 5.86. The normalized spacial score (nSPS) is 14.4. The average molecular weight is 367 g/mol. The molecule has 0 bridgehead atoms. The number of nitrogens with one attached hydrogen (secondary N) is 1. The molecule has 0 radical (unpaired) electrons. The third-order valence-corrected chi connectivity index (χ3v) is 4.43. The highest BCUT2D eigenvalue weighted by Gasteiger charge is 2.21. The van der Waals surface area contributed by atoms with Gasteiger partial charge in [0, 0.05) is 44.9 Å². The van der Waals surface area contributed by atoms with Gasteiger partial charge in [-0.1, -0.05) is 24.3 Å². The van der Waals surface area contributed by atoms with E-state index in [1.165, 1.54) is 13.0 Å². The Morgan fingerprint density at radius 2 is 1.67 bits per heavy atom. The number of carbonyl (C=O) groups is 2. The first kappa shape index (κ1) is 18.6. The number of rotatable bonds is 4. The summed E-state index contributed by atoms with van der Waals surface area (Å²) >= 11 is 0. The molecule has 5 nitrogen and oxygen atoms in total. The van der Waals surface area contributed by atoms with E-state index in [0.717, 1.165) is 11.3 Å². The molecule has 6 heteroatoms. The minimum absolute atomic E-state index is 0.0610. The monoisotopic (exact) mass is 367 g/mol. The lowest BCUT2D eigenvalue weighted by Gasteiger charge is -2.35. The van der Waals surface area contributed by atoms with Crippen molar-refractivity contribution < 1.29 is 14.0 Å². The number of halogens is 1. The van der Waals surface area contributed by atoms with Gasteiger partial charge in [0.1, 0.15) is 5.82 Å². The topological polar surface area (TPSA) is 52.7 Å². The molecule has 1 heterocycles. The van der Waals surface area contributed by atoms with Crippen LogP contribution in [0.4, 0.5) is 15.8 Å². The molecule has 27 heavy (non-hydrogen) atoms. The van der Waals surface area contributed by atoms with Gasteiger partial charge in [0.2, 0.25) is 11.8 Å². The zero-order valence-electron chi connectivity index (χ0n) is 15.2. The Balaban J connectivity index is 1.54. The van der Waals surface area contributed by atoms with Crippen LogP contribution in [0.15, 0.2) is 54.6 Å². The van der Waals surface area contributed by atoms with Crippen molar-refractivity contribution in [3.8, 4) is 0 Å². The van der Waals surface area contributed by atoms with Gasteiger partial charge in [0.25, 0.3) is 0 Å². The lowest BCUT2D eigenvalue weighted by atomic mass is 10.2. The second kappa shape index (κ2) is 8.49. The van der Waals surface area contributed by atoms with E-state index in [1.54, 1.807) is 41.3 Å². The predicted octanol–water partition coefficient (Wildman–Crippen LogP) is 3.15. The van der Waals surface area contributed by atoms with E-state index in [-0.39, 0.29) is 17.6 Å². The number of nitrogens with zero attached hydrogens (tertiary/aromatic N) is 2. The van der Waals surface area contributed by atoms with E-state index in [0.29, 0.717) is 31.9 Å². The van der Waals surface area contributed by atoms with Crippen LogP contribution in [-0.2, 0) is 9.59 Å². The van der Waals surface area contributed by atoms with Crippen LogP contribution in [0.25, 0.3) is 6.08 Å². The fraction of sp³-hybridized carbons (Fsp3) is 0.238. The van der Waals surface area contributed by atoms with Crippen molar-refractivity contribution in [2.45, 2.75) is 6.92 Å². The van der Waals surface area contributed by atoms with Gasteiger partial charge in [-0.15, -0.1) is 0 Å². The number of hydrogen-bond acceptors (Lipinski definition) is 3. The predicted molar refractivity (Wildman–Crippen MR) is 105 cm³/mol. The van der Waals surface area contributed by atoms with Crippen molar-refractivity contribution >= 4 is 29.3 Å². The summed E-state index contributed by atoms with van der Waals surface area (Å²) < 4.78 is 13.9. The molecule has 2 amide bonds. The first-order valence-electron chi connectivity index (χ1n) is 8.87. The van der Waals surface area contributed by atoms with E-state index in [9.17, 15) is 14.0 Å². The molecule has 3 rings (SSSR count). The van der Waals surface area contributed by atoms with E-state index in [2.05, 4.69) is 5.32 Å². The number of benzene rings is 2.